The largest absolute Gasteiger partial charge is 0.415 e. The normalized spacial score (nSPS) is 37.5. The van der Waals surface area contributed by atoms with Crippen molar-refractivity contribution < 1.29 is 18.1 Å². The van der Waals surface area contributed by atoms with Gasteiger partial charge in [0.05, 0.1) is 12.3 Å². The molecule has 0 radical (unpaired) electrons. The molecule has 0 aliphatic heterocycles. The molecule has 8 heteroatoms. The first-order valence-corrected chi connectivity index (χ1v) is 28.3. The van der Waals surface area contributed by atoms with Gasteiger partial charge in [0.2, 0.25) is 0 Å². The Hall–Kier alpha value is -0.779. The molecule has 0 heterocycles. The predicted octanol–water partition coefficient (Wildman–Crippen LogP) is 10.1. The molecule has 0 unspecified atom stereocenters. The predicted molar refractivity (Wildman–Crippen MR) is 195 cm³/mol. The Balaban J connectivity index is 1.43. The average Bonchev–Trinajstić information content (AvgIpc) is 3.25. The fourth-order valence-corrected chi connectivity index (χ4v) is 13.2. The van der Waals surface area contributed by atoms with Crippen molar-refractivity contribution in [1.29, 1.82) is 0 Å². The molecular formula is C37H65NO4Si3. The van der Waals surface area contributed by atoms with E-state index in [0.29, 0.717) is 48.6 Å². The third kappa shape index (κ3) is 8.27. The summed E-state index contributed by atoms with van der Waals surface area (Å²) >= 11 is 0. The van der Waals surface area contributed by atoms with Crippen LogP contribution < -0.4 is 0 Å². The lowest BCUT2D eigenvalue weighted by atomic mass is 9.44. The minimum atomic E-state index is -1.77. The Morgan fingerprint density at radius 2 is 1.49 bits per heavy atom. The molecule has 5 nitrogen and oxygen atoms in total. The first-order chi connectivity index (χ1) is 20.9. The molecule has 254 valence electrons. The van der Waals surface area contributed by atoms with Crippen molar-refractivity contribution in [2.24, 2.45) is 45.6 Å². The van der Waals surface area contributed by atoms with Crippen LogP contribution in [0.3, 0.4) is 0 Å². The number of hydrogen-bond donors (Lipinski definition) is 0. The molecule has 45 heavy (non-hydrogen) atoms. The Morgan fingerprint density at radius 1 is 0.800 bits per heavy atom. The molecule has 5 rings (SSSR count). The quantitative estimate of drug-likeness (QED) is 0.133. The minimum absolute atomic E-state index is 0.143. The Kier molecular flexibility index (Phi) is 10.5. The SMILES string of the molecule is C[C@]12CC[C@H](O[Si](C)(C)C)C[C@H]1CC[C@@H]1[C@@H]2[C@@H](O[Si](C)(C)C)C[C@]2(C)[C@@H](/C(CO[Si](C)(C)C)=N\OCc3ccccc3)CC[C@@H]12. The van der Waals surface area contributed by atoms with Crippen molar-refractivity contribution in [3.63, 3.8) is 0 Å². The molecule has 4 saturated carbocycles. The van der Waals surface area contributed by atoms with E-state index in [1.54, 1.807) is 0 Å². The molecule has 0 saturated heterocycles. The van der Waals surface area contributed by atoms with Gasteiger partial charge >= 0.3 is 0 Å². The highest BCUT2D eigenvalue weighted by Crippen LogP contribution is 2.68. The molecule has 1 aromatic rings. The summed E-state index contributed by atoms with van der Waals surface area (Å²) < 4.78 is 20.6. The van der Waals surface area contributed by atoms with Crippen LogP contribution in [0, 0.1) is 40.4 Å². The van der Waals surface area contributed by atoms with Gasteiger partial charge in [-0.15, -0.1) is 0 Å². The molecule has 1 aromatic carbocycles. The van der Waals surface area contributed by atoms with E-state index < -0.39 is 25.0 Å². The second-order valence-electron chi connectivity index (χ2n) is 18.6. The van der Waals surface area contributed by atoms with Crippen LogP contribution in [0.1, 0.15) is 70.8 Å². The third-order valence-electron chi connectivity index (χ3n) is 11.9. The van der Waals surface area contributed by atoms with Crippen molar-refractivity contribution in [3.05, 3.63) is 35.9 Å². The van der Waals surface area contributed by atoms with Gasteiger partial charge in [0.1, 0.15) is 6.61 Å². The van der Waals surface area contributed by atoms with Gasteiger partial charge in [0.15, 0.2) is 25.0 Å². The lowest BCUT2D eigenvalue weighted by Gasteiger charge is -2.64. The number of rotatable bonds is 11. The monoisotopic (exact) mass is 671 g/mol. The van der Waals surface area contributed by atoms with Crippen LogP contribution >= 0.6 is 0 Å². The minimum Gasteiger partial charge on any atom is -0.415 e. The molecule has 0 aromatic heterocycles. The van der Waals surface area contributed by atoms with E-state index in [2.05, 4.69) is 103 Å². The van der Waals surface area contributed by atoms with Gasteiger partial charge in [-0.3, -0.25) is 0 Å². The van der Waals surface area contributed by atoms with Gasteiger partial charge in [-0.05, 0) is 150 Å². The fraction of sp³-hybridized carbons (Fsp3) is 0.811. The van der Waals surface area contributed by atoms with E-state index in [-0.39, 0.29) is 5.41 Å². The first-order valence-electron chi connectivity index (χ1n) is 18.1. The van der Waals surface area contributed by atoms with Gasteiger partial charge in [0, 0.05) is 18.1 Å². The summed E-state index contributed by atoms with van der Waals surface area (Å²) in [5, 5.41) is 4.93. The summed E-state index contributed by atoms with van der Waals surface area (Å²) in [5.41, 5.74) is 2.77. The molecule has 4 aliphatic carbocycles. The van der Waals surface area contributed by atoms with E-state index in [4.69, 9.17) is 23.3 Å². The average molecular weight is 672 g/mol. The number of fused-ring (bicyclic) bond motifs is 5. The van der Waals surface area contributed by atoms with Crippen LogP contribution in [-0.2, 0) is 24.7 Å². The molecule has 4 aliphatic rings. The standard InChI is InChI=1S/C37H65NO4Si3/c1-36-22-21-29(41-44(6,7)8)23-28(36)17-18-30-31-19-20-32(37(31,2)24-34(35(30)36)42-45(9,10)11)33(26-40-43(3,4)5)38-39-25-27-15-13-12-14-16-27/h12-16,28-32,34-35H,17-26H2,1-11H3/b38-33-/t28-,29+,30+,31+,32-,34+,35-,36+,37+/m1/s1. The van der Waals surface area contributed by atoms with Crippen LogP contribution in [0.5, 0.6) is 0 Å². The molecule has 0 N–H and O–H groups in total. The Morgan fingerprint density at radius 3 is 2.13 bits per heavy atom. The number of hydrogen-bond acceptors (Lipinski definition) is 5. The van der Waals surface area contributed by atoms with Crippen LogP contribution in [-0.4, -0.2) is 49.5 Å². The highest BCUT2D eigenvalue weighted by molar-refractivity contribution is 6.70. The second-order valence-corrected chi connectivity index (χ2v) is 32.0. The zero-order chi connectivity index (χ0) is 32.8. The molecule has 0 amide bonds. The molecule has 0 spiro atoms. The summed E-state index contributed by atoms with van der Waals surface area (Å²) in [5.74, 6) is 3.18. The maximum Gasteiger partial charge on any atom is 0.184 e. The molecule has 9 atom stereocenters. The van der Waals surface area contributed by atoms with Crippen molar-refractivity contribution in [3.8, 4) is 0 Å². The van der Waals surface area contributed by atoms with Crippen LogP contribution in [0.15, 0.2) is 35.5 Å². The Bertz CT molecular complexity index is 1170. The van der Waals surface area contributed by atoms with Crippen LogP contribution in [0.2, 0.25) is 58.9 Å². The maximum atomic E-state index is 7.34. The number of benzene rings is 1. The van der Waals surface area contributed by atoms with Crippen LogP contribution in [0.25, 0.3) is 0 Å². The summed E-state index contributed by atoms with van der Waals surface area (Å²) in [6, 6.07) is 10.4. The van der Waals surface area contributed by atoms with Crippen molar-refractivity contribution in [1.82, 2.24) is 0 Å². The highest BCUT2D eigenvalue weighted by Gasteiger charge is 2.64. The fourth-order valence-electron chi connectivity index (χ4n) is 10.3. The topological polar surface area (TPSA) is 49.3 Å². The van der Waals surface area contributed by atoms with Crippen molar-refractivity contribution in [2.75, 3.05) is 6.61 Å². The zero-order valence-electron chi connectivity index (χ0n) is 30.6. The van der Waals surface area contributed by atoms with Crippen molar-refractivity contribution >= 4 is 30.7 Å². The van der Waals surface area contributed by atoms with Crippen molar-refractivity contribution in [2.45, 2.75) is 143 Å². The van der Waals surface area contributed by atoms with Gasteiger partial charge in [0.25, 0.3) is 0 Å². The van der Waals surface area contributed by atoms with E-state index >= 15 is 0 Å². The van der Waals surface area contributed by atoms with E-state index in [1.165, 1.54) is 44.9 Å². The van der Waals surface area contributed by atoms with E-state index in [0.717, 1.165) is 29.5 Å². The zero-order valence-corrected chi connectivity index (χ0v) is 33.6. The number of nitrogens with zero attached hydrogens (tertiary/aromatic N) is 1. The van der Waals surface area contributed by atoms with Crippen LogP contribution in [0.4, 0.5) is 0 Å². The second kappa shape index (κ2) is 13.3. The highest BCUT2D eigenvalue weighted by atomic mass is 28.4. The summed E-state index contributed by atoms with van der Waals surface area (Å²) in [6.45, 7) is 27.4. The smallest absolute Gasteiger partial charge is 0.184 e. The maximum absolute atomic E-state index is 7.34. The Labute approximate surface area is 279 Å². The summed E-state index contributed by atoms with van der Waals surface area (Å²) in [4.78, 5) is 6.12. The number of oxime groups is 1. The van der Waals surface area contributed by atoms with Gasteiger partial charge in [-0.2, -0.15) is 0 Å². The van der Waals surface area contributed by atoms with Gasteiger partial charge in [-0.25, -0.2) is 0 Å². The summed E-state index contributed by atoms with van der Waals surface area (Å²) in [7, 11) is -5.05. The first kappa shape index (κ1) is 35.5. The van der Waals surface area contributed by atoms with Gasteiger partial charge < -0.3 is 18.1 Å². The van der Waals surface area contributed by atoms with E-state index in [9.17, 15) is 0 Å². The summed E-state index contributed by atoms with van der Waals surface area (Å²) in [6.07, 6.45) is 10.8. The third-order valence-corrected chi connectivity index (χ3v) is 14.9. The lowest BCUT2D eigenvalue weighted by molar-refractivity contribution is -0.168. The molecular weight excluding hydrogens is 607 g/mol. The lowest BCUT2D eigenvalue weighted by Crippen LogP contribution is -2.61. The van der Waals surface area contributed by atoms with Gasteiger partial charge in [-0.1, -0.05) is 49.3 Å². The molecule has 4 fully saturated rings. The molecule has 0 bridgehead atoms. The van der Waals surface area contributed by atoms with E-state index in [1.807, 2.05) is 0 Å².